The fourth-order valence-corrected chi connectivity index (χ4v) is 4.76. The minimum absolute atomic E-state index is 0.0598. The summed E-state index contributed by atoms with van der Waals surface area (Å²) in [7, 11) is -4.07. The van der Waals surface area contributed by atoms with E-state index in [1.54, 1.807) is 0 Å². The van der Waals surface area contributed by atoms with Crippen LogP contribution in [-0.4, -0.2) is 59.7 Å². The molecular weight excluding hydrogens is 489 g/mol. The molecule has 15 heteroatoms. The molecule has 0 fully saturated rings. The van der Waals surface area contributed by atoms with Crippen LogP contribution >= 0.6 is 11.6 Å². The van der Waals surface area contributed by atoms with Crippen molar-refractivity contribution in [3.8, 4) is 22.9 Å². The molecule has 5 aromatic rings. The Labute approximate surface area is 195 Å². The lowest BCUT2D eigenvalue weighted by Gasteiger charge is -2.09. The van der Waals surface area contributed by atoms with Crippen LogP contribution in [-0.2, 0) is 9.84 Å². The van der Waals surface area contributed by atoms with Crippen molar-refractivity contribution in [2.24, 2.45) is 5.73 Å². The van der Waals surface area contributed by atoms with Crippen LogP contribution in [0.4, 0.5) is 4.39 Å². The number of hydrogen-bond donors (Lipinski definition) is 1. The maximum Gasteiger partial charge on any atom is 0.253 e. The van der Waals surface area contributed by atoms with Gasteiger partial charge in [-0.2, -0.15) is 15.3 Å². The van der Waals surface area contributed by atoms with Crippen LogP contribution < -0.4 is 5.73 Å². The van der Waals surface area contributed by atoms with Crippen molar-refractivity contribution < 1.29 is 17.6 Å². The van der Waals surface area contributed by atoms with E-state index >= 15 is 0 Å². The first-order chi connectivity index (χ1) is 16.2. The van der Waals surface area contributed by atoms with Crippen LogP contribution in [0, 0.1) is 5.82 Å². The minimum Gasteiger partial charge on any atom is -0.365 e. The Balaban J connectivity index is 1.81. The van der Waals surface area contributed by atoms with Crippen molar-refractivity contribution in [1.29, 1.82) is 0 Å². The number of fused-ring (bicyclic) bond motifs is 1. The van der Waals surface area contributed by atoms with E-state index in [-0.39, 0.29) is 39.1 Å². The van der Waals surface area contributed by atoms with E-state index in [0.717, 1.165) is 17.0 Å². The third-order valence-electron chi connectivity index (χ3n) is 4.84. The highest BCUT2D eigenvalue weighted by Gasteiger charge is 2.31. The zero-order valence-corrected chi connectivity index (χ0v) is 18.7. The number of primary amides is 1. The highest BCUT2D eigenvalue weighted by Crippen LogP contribution is 2.32. The van der Waals surface area contributed by atoms with Crippen molar-refractivity contribution in [3.63, 3.8) is 0 Å². The van der Waals surface area contributed by atoms with Crippen molar-refractivity contribution in [1.82, 2.24) is 39.1 Å². The molecule has 0 bridgehead atoms. The molecule has 0 unspecified atom stereocenters. The van der Waals surface area contributed by atoms with Crippen LogP contribution in [0.2, 0.25) is 5.02 Å². The van der Waals surface area contributed by atoms with Gasteiger partial charge in [0.25, 0.3) is 5.91 Å². The standard InChI is InChI=1S/C19H13ClFN9O3S/c1-34(32,33)19-14(16(22)31)15(10-8-11(20)17(24-9-10)30-25-4-5-26-30)27-29(19)13-3-2-12(21)18-23-6-7-28(13)18/h2-9H,1H3,(H2,22,31). The lowest BCUT2D eigenvalue weighted by molar-refractivity contribution is 0.0997. The molecule has 0 saturated carbocycles. The van der Waals surface area contributed by atoms with E-state index in [1.807, 2.05) is 0 Å². The second-order valence-corrected chi connectivity index (χ2v) is 9.42. The van der Waals surface area contributed by atoms with Gasteiger partial charge in [-0.05, 0) is 18.2 Å². The number of hydrogen-bond acceptors (Lipinski definition) is 8. The predicted molar refractivity (Wildman–Crippen MR) is 117 cm³/mol. The summed E-state index contributed by atoms with van der Waals surface area (Å²) >= 11 is 6.35. The van der Waals surface area contributed by atoms with Gasteiger partial charge in [-0.1, -0.05) is 11.6 Å². The molecule has 1 amide bonds. The van der Waals surface area contributed by atoms with Gasteiger partial charge < -0.3 is 5.73 Å². The Kier molecular flexibility index (Phi) is 4.91. The summed E-state index contributed by atoms with van der Waals surface area (Å²) in [5, 5.41) is 11.9. The van der Waals surface area contributed by atoms with Gasteiger partial charge in [0.15, 0.2) is 32.1 Å². The van der Waals surface area contributed by atoms with Crippen molar-refractivity contribution in [2.45, 2.75) is 5.03 Å². The first-order valence-electron chi connectivity index (χ1n) is 9.44. The van der Waals surface area contributed by atoms with Crippen LogP contribution in [0.25, 0.3) is 28.5 Å². The molecule has 172 valence electrons. The summed E-state index contributed by atoms with van der Waals surface area (Å²) in [6.45, 7) is 0. The molecule has 0 aliphatic rings. The topological polar surface area (TPSA) is 156 Å². The quantitative estimate of drug-likeness (QED) is 0.379. The number of imidazole rings is 1. The van der Waals surface area contributed by atoms with Crippen LogP contribution in [0.15, 0.2) is 54.2 Å². The predicted octanol–water partition coefficient (Wildman–Crippen LogP) is 1.46. The van der Waals surface area contributed by atoms with E-state index < -0.39 is 26.6 Å². The zero-order chi connectivity index (χ0) is 24.2. The largest absolute Gasteiger partial charge is 0.365 e. The summed E-state index contributed by atoms with van der Waals surface area (Å²) in [6.07, 6.45) is 7.88. The number of pyridine rings is 2. The summed E-state index contributed by atoms with van der Waals surface area (Å²) < 4.78 is 42.0. The van der Waals surface area contributed by atoms with Crippen molar-refractivity contribution in [3.05, 3.63) is 65.6 Å². The van der Waals surface area contributed by atoms with E-state index in [2.05, 4.69) is 25.3 Å². The van der Waals surface area contributed by atoms with Crippen LogP contribution in [0.5, 0.6) is 0 Å². The Morgan fingerprint density at radius 1 is 1.15 bits per heavy atom. The molecule has 0 aromatic carbocycles. The van der Waals surface area contributed by atoms with Crippen molar-refractivity contribution >= 4 is 33.0 Å². The van der Waals surface area contributed by atoms with E-state index in [9.17, 15) is 17.6 Å². The van der Waals surface area contributed by atoms with Gasteiger partial charge in [0.05, 0.1) is 17.4 Å². The molecular formula is C19H13ClFN9O3S. The molecule has 0 spiro atoms. The Bertz CT molecular complexity index is 1690. The molecule has 5 rings (SSSR count). The first-order valence-corrected chi connectivity index (χ1v) is 11.7. The smallest absolute Gasteiger partial charge is 0.253 e. The van der Waals surface area contributed by atoms with Gasteiger partial charge in [-0.25, -0.2) is 27.5 Å². The highest BCUT2D eigenvalue weighted by molar-refractivity contribution is 7.90. The number of aromatic nitrogens is 8. The molecule has 0 atom stereocenters. The summed E-state index contributed by atoms with van der Waals surface area (Å²) in [5.41, 5.74) is 5.28. The Morgan fingerprint density at radius 2 is 1.88 bits per heavy atom. The van der Waals surface area contributed by atoms with Gasteiger partial charge in [0.2, 0.25) is 0 Å². The fraction of sp³-hybridized carbons (Fsp3) is 0.0526. The maximum atomic E-state index is 14.2. The highest BCUT2D eigenvalue weighted by atomic mass is 35.5. The zero-order valence-electron chi connectivity index (χ0n) is 17.2. The summed E-state index contributed by atoms with van der Waals surface area (Å²) in [6, 6.07) is 3.84. The number of rotatable bonds is 5. The van der Waals surface area contributed by atoms with E-state index in [0.29, 0.717) is 0 Å². The molecule has 0 saturated heterocycles. The number of nitrogens with zero attached hydrogens (tertiary/aromatic N) is 8. The first kappa shape index (κ1) is 21.7. The molecule has 34 heavy (non-hydrogen) atoms. The maximum absolute atomic E-state index is 14.2. The lowest BCUT2D eigenvalue weighted by Crippen LogP contribution is -2.18. The van der Waals surface area contributed by atoms with E-state index in [4.69, 9.17) is 17.3 Å². The Hall–Kier alpha value is -4.17. The number of sulfone groups is 1. The second-order valence-electron chi connectivity index (χ2n) is 7.09. The molecule has 0 aliphatic heterocycles. The molecule has 5 heterocycles. The molecule has 5 aromatic heterocycles. The summed E-state index contributed by atoms with van der Waals surface area (Å²) in [4.78, 5) is 21.8. The van der Waals surface area contributed by atoms with Crippen molar-refractivity contribution in [2.75, 3.05) is 6.26 Å². The van der Waals surface area contributed by atoms with Gasteiger partial charge in [-0.3, -0.25) is 9.20 Å². The SMILES string of the molecule is CS(=O)(=O)c1c(C(N)=O)c(-c2cnc(-n3nccn3)c(Cl)c2)nn1-c1ccc(F)c2nccn12. The monoisotopic (exact) mass is 501 g/mol. The number of carbonyl (C=O) groups is 1. The average Bonchev–Trinajstić information content (AvgIpc) is 3.52. The molecule has 0 aliphatic carbocycles. The van der Waals surface area contributed by atoms with Gasteiger partial charge in [0.1, 0.15) is 17.1 Å². The number of amides is 1. The second kappa shape index (κ2) is 7.71. The number of carbonyl (C=O) groups excluding carboxylic acids is 1. The van der Waals surface area contributed by atoms with Gasteiger partial charge >= 0.3 is 0 Å². The van der Waals surface area contributed by atoms with Crippen LogP contribution in [0.3, 0.4) is 0 Å². The molecule has 0 radical (unpaired) electrons. The Morgan fingerprint density at radius 3 is 2.53 bits per heavy atom. The fourth-order valence-electron chi connectivity index (χ4n) is 3.50. The lowest BCUT2D eigenvalue weighted by atomic mass is 10.1. The van der Waals surface area contributed by atoms with Crippen LogP contribution in [0.1, 0.15) is 10.4 Å². The summed E-state index contributed by atoms with van der Waals surface area (Å²) in [5.74, 6) is -1.35. The van der Waals surface area contributed by atoms with E-state index in [1.165, 1.54) is 52.3 Å². The third-order valence-corrected chi connectivity index (χ3v) is 6.20. The average molecular weight is 502 g/mol. The minimum atomic E-state index is -4.07. The molecule has 2 N–H and O–H groups in total. The van der Waals surface area contributed by atoms with Gasteiger partial charge in [-0.15, -0.1) is 4.80 Å². The number of nitrogens with two attached hydrogens (primary N) is 1. The normalized spacial score (nSPS) is 11.9. The molecule has 12 nitrogen and oxygen atoms in total. The third kappa shape index (κ3) is 3.39. The van der Waals surface area contributed by atoms with Gasteiger partial charge in [0, 0.05) is 30.4 Å². The number of halogens is 2.